The molecule has 0 fully saturated rings. The number of rotatable bonds is 10. The lowest BCUT2D eigenvalue weighted by molar-refractivity contribution is -0.384. The van der Waals surface area contributed by atoms with E-state index in [9.17, 15) is 14.9 Å². The van der Waals surface area contributed by atoms with Crippen LogP contribution in [-0.2, 0) is 11.3 Å². The molecule has 2 rings (SSSR count). The van der Waals surface area contributed by atoms with Crippen LogP contribution in [0.5, 0.6) is 5.75 Å². The van der Waals surface area contributed by atoms with Crippen LogP contribution in [0.3, 0.4) is 0 Å². The van der Waals surface area contributed by atoms with Crippen molar-refractivity contribution in [3.8, 4) is 5.75 Å². The molecule has 0 saturated carbocycles. The number of nitrogens with one attached hydrogen (secondary N) is 2. The Kier molecular flexibility index (Phi) is 9.35. The summed E-state index contributed by atoms with van der Waals surface area (Å²) in [5.74, 6) is -0.00446. The number of amides is 1. The largest absolute Gasteiger partial charge is 0.483 e. The molecule has 4 N–H and O–H groups in total. The molecule has 0 aliphatic heterocycles. The number of anilines is 1. The summed E-state index contributed by atoms with van der Waals surface area (Å²) in [5.41, 5.74) is 6.75. The van der Waals surface area contributed by atoms with Crippen LogP contribution in [-0.4, -0.2) is 30.5 Å². The Labute approximate surface area is 167 Å². The molecule has 8 nitrogen and oxygen atoms in total. The number of nitro benzene ring substituents is 1. The molecule has 0 aromatic heterocycles. The molecule has 27 heavy (non-hydrogen) atoms. The predicted molar refractivity (Wildman–Crippen MR) is 107 cm³/mol. The smallest absolute Gasteiger partial charge is 0.269 e. The fourth-order valence-electron chi connectivity index (χ4n) is 2.20. The van der Waals surface area contributed by atoms with Crippen LogP contribution < -0.4 is 21.1 Å². The van der Waals surface area contributed by atoms with Gasteiger partial charge in [0, 0.05) is 48.0 Å². The van der Waals surface area contributed by atoms with Crippen molar-refractivity contribution in [1.82, 2.24) is 5.32 Å². The molecule has 0 aliphatic carbocycles. The van der Waals surface area contributed by atoms with Gasteiger partial charge in [-0.25, -0.2) is 0 Å². The monoisotopic (exact) mass is 414 g/mol. The van der Waals surface area contributed by atoms with Crippen LogP contribution in [0.1, 0.15) is 5.56 Å². The fourth-order valence-corrected chi connectivity index (χ4v) is 2.39. The standard InChI is InChI=1S/C17H19ClN4O4.ClH/c18-13-1-6-16(26-11-17(19)23)12(9-13)10-20-7-8-21-14-2-4-15(5-3-14)22(24)25;/h1-6,9,20-21H,7-8,10-11H2,(H2,19,23);1H. The highest BCUT2D eigenvalue weighted by atomic mass is 35.5. The average molecular weight is 415 g/mol. The van der Waals surface area contributed by atoms with Gasteiger partial charge in [0.15, 0.2) is 6.61 Å². The molecule has 0 saturated heterocycles. The van der Waals surface area contributed by atoms with Crippen molar-refractivity contribution in [3.05, 3.63) is 63.2 Å². The van der Waals surface area contributed by atoms with E-state index in [1.807, 2.05) is 0 Å². The first-order chi connectivity index (χ1) is 12.5. The minimum absolute atomic E-state index is 0. The van der Waals surface area contributed by atoms with E-state index in [1.165, 1.54) is 12.1 Å². The molecule has 2 aromatic carbocycles. The average Bonchev–Trinajstić information content (AvgIpc) is 2.61. The van der Waals surface area contributed by atoms with E-state index < -0.39 is 10.8 Å². The van der Waals surface area contributed by atoms with Crippen molar-refractivity contribution < 1.29 is 14.5 Å². The summed E-state index contributed by atoms with van der Waals surface area (Å²) in [6.45, 7) is 1.56. The molecule has 10 heteroatoms. The van der Waals surface area contributed by atoms with E-state index in [4.69, 9.17) is 22.1 Å². The first kappa shape index (κ1) is 22.5. The van der Waals surface area contributed by atoms with Crippen LogP contribution in [0.4, 0.5) is 11.4 Å². The second-order valence-electron chi connectivity index (χ2n) is 5.41. The van der Waals surface area contributed by atoms with E-state index in [0.717, 1.165) is 11.3 Å². The highest BCUT2D eigenvalue weighted by Gasteiger charge is 2.07. The Morgan fingerprint density at radius 3 is 2.52 bits per heavy atom. The van der Waals surface area contributed by atoms with Gasteiger partial charge in [-0.2, -0.15) is 0 Å². The first-order valence-electron chi connectivity index (χ1n) is 7.84. The summed E-state index contributed by atoms with van der Waals surface area (Å²) in [4.78, 5) is 21.0. The molecule has 1 amide bonds. The highest BCUT2D eigenvalue weighted by molar-refractivity contribution is 6.30. The zero-order chi connectivity index (χ0) is 18.9. The number of nitrogens with zero attached hydrogens (tertiary/aromatic N) is 1. The summed E-state index contributed by atoms with van der Waals surface area (Å²) < 4.78 is 5.37. The van der Waals surface area contributed by atoms with Gasteiger partial charge in [-0.3, -0.25) is 14.9 Å². The van der Waals surface area contributed by atoms with Crippen LogP contribution in [0.25, 0.3) is 0 Å². The van der Waals surface area contributed by atoms with Gasteiger partial charge >= 0.3 is 0 Å². The van der Waals surface area contributed by atoms with Crippen molar-refractivity contribution in [1.29, 1.82) is 0 Å². The van der Waals surface area contributed by atoms with Crippen molar-refractivity contribution in [2.45, 2.75) is 6.54 Å². The third kappa shape index (κ3) is 7.69. The van der Waals surface area contributed by atoms with Gasteiger partial charge in [-0.05, 0) is 30.3 Å². The van der Waals surface area contributed by atoms with Gasteiger partial charge in [0.2, 0.25) is 0 Å². The maximum absolute atomic E-state index is 10.9. The topological polar surface area (TPSA) is 120 Å². The number of halogens is 2. The van der Waals surface area contributed by atoms with Gasteiger partial charge in [0.05, 0.1) is 4.92 Å². The number of benzene rings is 2. The molecule has 146 valence electrons. The number of hydrogen-bond donors (Lipinski definition) is 3. The zero-order valence-corrected chi connectivity index (χ0v) is 15.9. The van der Waals surface area contributed by atoms with Crippen LogP contribution in [0.15, 0.2) is 42.5 Å². The second kappa shape index (κ2) is 11.2. The number of nitrogens with two attached hydrogens (primary N) is 1. The predicted octanol–water partition coefficient (Wildman–Crippen LogP) is 2.74. The summed E-state index contributed by atoms with van der Waals surface area (Å²) >= 11 is 6.00. The second-order valence-corrected chi connectivity index (χ2v) is 5.85. The number of primary amides is 1. The number of ether oxygens (including phenoxy) is 1. The quantitative estimate of drug-likeness (QED) is 0.312. The summed E-state index contributed by atoms with van der Waals surface area (Å²) in [5, 5.41) is 17.6. The van der Waals surface area contributed by atoms with Crippen molar-refractivity contribution in [2.75, 3.05) is 25.0 Å². The Morgan fingerprint density at radius 2 is 1.89 bits per heavy atom. The van der Waals surface area contributed by atoms with Gasteiger partial charge in [0.1, 0.15) is 5.75 Å². The van der Waals surface area contributed by atoms with Crippen molar-refractivity contribution in [2.24, 2.45) is 5.73 Å². The normalized spacial score (nSPS) is 9.96. The van der Waals surface area contributed by atoms with Crippen LogP contribution in [0, 0.1) is 10.1 Å². The summed E-state index contributed by atoms with van der Waals surface area (Å²) in [6.07, 6.45) is 0. The Morgan fingerprint density at radius 1 is 1.19 bits per heavy atom. The van der Waals surface area contributed by atoms with Crippen LogP contribution >= 0.6 is 24.0 Å². The van der Waals surface area contributed by atoms with E-state index in [0.29, 0.717) is 30.4 Å². The Balaban J connectivity index is 0.00000364. The lowest BCUT2D eigenvalue weighted by Crippen LogP contribution is -2.23. The molecular formula is C17H20Cl2N4O4. The first-order valence-corrected chi connectivity index (χ1v) is 8.22. The highest BCUT2D eigenvalue weighted by Crippen LogP contribution is 2.22. The van der Waals surface area contributed by atoms with E-state index in [-0.39, 0.29) is 24.7 Å². The molecule has 0 radical (unpaired) electrons. The van der Waals surface area contributed by atoms with E-state index in [2.05, 4.69) is 10.6 Å². The Bertz CT molecular complexity index is 772. The summed E-state index contributed by atoms with van der Waals surface area (Å²) in [6, 6.07) is 11.3. The van der Waals surface area contributed by atoms with Crippen LogP contribution in [0.2, 0.25) is 5.02 Å². The third-order valence-corrected chi connectivity index (χ3v) is 3.65. The molecule has 0 spiro atoms. The number of nitro groups is 1. The number of hydrogen-bond acceptors (Lipinski definition) is 6. The van der Waals surface area contributed by atoms with Gasteiger partial charge < -0.3 is 21.1 Å². The summed E-state index contributed by atoms with van der Waals surface area (Å²) in [7, 11) is 0. The molecule has 0 aliphatic rings. The number of carbonyl (C=O) groups excluding carboxylic acids is 1. The minimum atomic E-state index is -0.550. The lowest BCUT2D eigenvalue weighted by atomic mass is 10.2. The molecule has 2 aromatic rings. The maximum atomic E-state index is 10.9. The van der Waals surface area contributed by atoms with E-state index >= 15 is 0 Å². The minimum Gasteiger partial charge on any atom is -0.483 e. The number of non-ortho nitro benzene ring substituents is 1. The van der Waals surface area contributed by atoms with Gasteiger partial charge in [-0.1, -0.05) is 11.6 Å². The van der Waals surface area contributed by atoms with Gasteiger partial charge in [-0.15, -0.1) is 12.4 Å². The maximum Gasteiger partial charge on any atom is 0.269 e. The number of carbonyl (C=O) groups is 1. The fraction of sp³-hybridized carbons (Fsp3) is 0.235. The molecular weight excluding hydrogens is 395 g/mol. The third-order valence-electron chi connectivity index (χ3n) is 3.42. The van der Waals surface area contributed by atoms with Gasteiger partial charge in [0.25, 0.3) is 11.6 Å². The van der Waals surface area contributed by atoms with Crippen molar-refractivity contribution in [3.63, 3.8) is 0 Å². The zero-order valence-electron chi connectivity index (χ0n) is 14.3. The molecule has 0 atom stereocenters. The molecule has 0 unspecified atom stereocenters. The van der Waals surface area contributed by atoms with Crippen molar-refractivity contribution >= 4 is 41.3 Å². The Hall–Kier alpha value is -2.55. The molecule has 0 heterocycles. The van der Waals surface area contributed by atoms with E-state index in [1.54, 1.807) is 30.3 Å². The molecule has 0 bridgehead atoms. The SMILES string of the molecule is Cl.NC(=O)COc1ccc(Cl)cc1CNCCNc1ccc([N+](=O)[O-])cc1. The lowest BCUT2D eigenvalue weighted by Gasteiger charge is -2.12.